The second-order valence-corrected chi connectivity index (χ2v) is 9.05. The molecule has 0 radical (unpaired) electrons. The fourth-order valence-electron chi connectivity index (χ4n) is 5.28. The standard InChI is InChI=1S/C26H34N2O3/c1-7-19-12-13-20(30)16-23(19)26(4)14-15-27(5)17(2)24(26)28(6)25(31)22-11-9-8-10-21(22)18(3)29/h8-13,16-17,24,30H,7,14-15H2,1-6H3/t17?,24-,26+/m0/s1. The van der Waals surface area contributed by atoms with Gasteiger partial charge in [-0.05, 0) is 69.6 Å². The zero-order valence-electron chi connectivity index (χ0n) is 19.5. The van der Waals surface area contributed by atoms with Gasteiger partial charge in [-0.25, -0.2) is 0 Å². The van der Waals surface area contributed by atoms with Gasteiger partial charge in [0, 0.05) is 24.1 Å². The van der Waals surface area contributed by atoms with Crippen molar-refractivity contribution >= 4 is 11.7 Å². The number of aromatic hydroxyl groups is 1. The number of ketones is 1. The van der Waals surface area contributed by atoms with Gasteiger partial charge in [-0.3, -0.25) is 9.59 Å². The molecule has 0 spiro atoms. The number of piperidine rings is 1. The van der Waals surface area contributed by atoms with E-state index in [1.54, 1.807) is 30.3 Å². The lowest BCUT2D eigenvalue weighted by Crippen LogP contribution is -2.63. The Labute approximate surface area is 185 Å². The zero-order valence-corrected chi connectivity index (χ0v) is 19.5. The molecule has 5 heteroatoms. The fourth-order valence-corrected chi connectivity index (χ4v) is 5.28. The summed E-state index contributed by atoms with van der Waals surface area (Å²) in [6.45, 7) is 8.87. The summed E-state index contributed by atoms with van der Waals surface area (Å²) >= 11 is 0. The van der Waals surface area contributed by atoms with Crippen molar-refractivity contribution in [3.8, 4) is 5.75 Å². The minimum atomic E-state index is -0.342. The van der Waals surface area contributed by atoms with Gasteiger partial charge < -0.3 is 14.9 Å². The van der Waals surface area contributed by atoms with Crippen LogP contribution in [0.2, 0.25) is 0 Å². The van der Waals surface area contributed by atoms with Crippen LogP contribution in [-0.4, -0.2) is 59.3 Å². The van der Waals surface area contributed by atoms with Crippen molar-refractivity contribution in [2.75, 3.05) is 20.6 Å². The highest BCUT2D eigenvalue weighted by molar-refractivity contribution is 6.07. The van der Waals surface area contributed by atoms with E-state index in [4.69, 9.17) is 0 Å². The lowest BCUT2D eigenvalue weighted by molar-refractivity contribution is 0.0183. The Bertz CT molecular complexity index is 986. The number of phenols is 1. The number of nitrogens with zero attached hydrogens (tertiary/aromatic N) is 2. The van der Waals surface area contributed by atoms with Crippen molar-refractivity contribution in [1.82, 2.24) is 9.80 Å². The first-order valence-corrected chi connectivity index (χ1v) is 11.0. The van der Waals surface area contributed by atoms with Gasteiger partial charge in [0.2, 0.25) is 0 Å². The Balaban J connectivity index is 2.12. The zero-order chi connectivity index (χ0) is 22.9. The van der Waals surface area contributed by atoms with Crippen LogP contribution < -0.4 is 0 Å². The third kappa shape index (κ3) is 4.11. The Morgan fingerprint density at radius 3 is 2.45 bits per heavy atom. The van der Waals surface area contributed by atoms with Crippen LogP contribution in [0.15, 0.2) is 42.5 Å². The van der Waals surface area contributed by atoms with E-state index in [9.17, 15) is 14.7 Å². The Morgan fingerprint density at radius 2 is 1.84 bits per heavy atom. The number of amides is 1. The molecule has 0 aromatic heterocycles. The van der Waals surface area contributed by atoms with E-state index in [0.29, 0.717) is 11.1 Å². The summed E-state index contributed by atoms with van der Waals surface area (Å²) in [4.78, 5) is 29.9. The van der Waals surface area contributed by atoms with Crippen LogP contribution in [0.5, 0.6) is 5.75 Å². The number of benzene rings is 2. The first-order chi connectivity index (χ1) is 14.6. The number of aryl methyl sites for hydroxylation is 1. The maximum atomic E-state index is 13.7. The summed E-state index contributed by atoms with van der Waals surface area (Å²) < 4.78 is 0. The Kier molecular flexibility index (Phi) is 6.56. The van der Waals surface area contributed by atoms with E-state index in [1.165, 1.54) is 12.5 Å². The van der Waals surface area contributed by atoms with E-state index >= 15 is 0 Å². The SMILES string of the molecule is CCc1ccc(O)cc1[C@@]1(C)CCN(C)C(C)[C@@H]1N(C)C(=O)c1ccccc1C(C)=O. The Hall–Kier alpha value is -2.66. The van der Waals surface area contributed by atoms with Crippen LogP contribution in [0.4, 0.5) is 0 Å². The number of rotatable bonds is 5. The van der Waals surface area contributed by atoms with E-state index in [1.807, 2.05) is 24.1 Å². The molecule has 3 atom stereocenters. The molecule has 1 amide bonds. The molecule has 1 heterocycles. The molecule has 5 nitrogen and oxygen atoms in total. The van der Waals surface area contributed by atoms with Crippen molar-refractivity contribution in [3.05, 3.63) is 64.7 Å². The first-order valence-electron chi connectivity index (χ1n) is 11.0. The number of carbonyl (C=O) groups is 2. The van der Waals surface area contributed by atoms with Gasteiger partial charge in [0.1, 0.15) is 5.75 Å². The summed E-state index contributed by atoms with van der Waals surface area (Å²) in [7, 11) is 3.93. The summed E-state index contributed by atoms with van der Waals surface area (Å²) in [6.07, 6.45) is 1.72. The van der Waals surface area contributed by atoms with Gasteiger partial charge >= 0.3 is 0 Å². The van der Waals surface area contributed by atoms with Gasteiger partial charge in [-0.2, -0.15) is 0 Å². The van der Waals surface area contributed by atoms with Gasteiger partial charge in [0.25, 0.3) is 5.91 Å². The minimum Gasteiger partial charge on any atom is -0.508 e. The van der Waals surface area contributed by atoms with Crippen LogP contribution in [0.25, 0.3) is 0 Å². The smallest absolute Gasteiger partial charge is 0.254 e. The number of carbonyl (C=O) groups excluding carboxylic acids is 2. The summed E-state index contributed by atoms with van der Waals surface area (Å²) in [5.74, 6) is -0.0211. The maximum absolute atomic E-state index is 13.7. The number of likely N-dealkylation sites (tertiary alicyclic amines) is 1. The average Bonchev–Trinajstić information content (AvgIpc) is 2.76. The van der Waals surface area contributed by atoms with Gasteiger partial charge in [0.15, 0.2) is 5.78 Å². The maximum Gasteiger partial charge on any atom is 0.254 e. The molecule has 166 valence electrons. The molecular formula is C26H34N2O3. The van der Waals surface area contributed by atoms with Crippen LogP contribution >= 0.6 is 0 Å². The topological polar surface area (TPSA) is 60.9 Å². The molecule has 1 aliphatic heterocycles. The number of hydrogen-bond acceptors (Lipinski definition) is 4. The monoisotopic (exact) mass is 422 g/mol. The average molecular weight is 423 g/mol. The Morgan fingerprint density at radius 1 is 1.19 bits per heavy atom. The van der Waals surface area contributed by atoms with E-state index in [2.05, 4.69) is 32.7 Å². The highest BCUT2D eigenvalue weighted by Crippen LogP contribution is 2.43. The molecule has 1 N–H and O–H groups in total. The lowest BCUT2D eigenvalue weighted by atomic mass is 9.66. The molecule has 0 bridgehead atoms. The molecule has 1 saturated heterocycles. The highest BCUT2D eigenvalue weighted by atomic mass is 16.3. The number of phenolic OH excluding ortho intramolecular Hbond substituents is 1. The number of Topliss-reactive ketones (excluding diaryl/α,β-unsaturated/α-hetero) is 1. The van der Waals surface area contributed by atoms with Crippen molar-refractivity contribution < 1.29 is 14.7 Å². The van der Waals surface area contributed by atoms with Crippen molar-refractivity contribution in [2.45, 2.75) is 58.0 Å². The van der Waals surface area contributed by atoms with Crippen molar-refractivity contribution in [2.24, 2.45) is 0 Å². The molecule has 2 aromatic rings. The largest absolute Gasteiger partial charge is 0.508 e. The predicted molar refractivity (Wildman–Crippen MR) is 124 cm³/mol. The summed E-state index contributed by atoms with van der Waals surface area (Å²) in [5, 5.41) is 10.3. The fraction of sp³-hybridized carbons (Fsp3) is 0.462. The molecule has 1 fully saturated rings. The van der Waals surface area contributed by atoms with E-state index < -0.39 is 0 Å². The predicted octanol–water partition coefficient (Wildman–Crippen LogP) is 4.28. The number of likely N-dealkylation sites (N-methyl/N-ethyl adjacent to an activating group) is 2. The van der Waals surface area contributed by atoms with E-state index in [-0.39, 0.29) is 34.9 Å². The molecular weight excluding hydrogens is 388 g/mol. The molecule has 3 rings (SSSR count). The molecule has 31 heavy (non-hydrogen) atoms. The van der Waals surface area contributed by atoms with Crippen LogP contribution in [-0.2, 0) is 11.8 Å². The van der Waals surface area contributed by atoms with E-state index in [0.717, 1.165) is 24.9 Å². The van der Waals surface area contributed by atoms with Crippen LogP contribution in [0.1, 0.15) is 66.0 Å². The van der Waals surface area contributed by atoms with Gasteiger partial charge in [-0.1, -0.05) is 38.1 Å². The minimum absolute atomic E-state index is 0.101. The quantitative estimate of drug-likeness (QED) is 0.731. The third-order valence-corrected chi connectivity index (χ3v) is 7.15. The van der Waals surface area contributed by atoms with Gasteiger partial charge in [0.05, 0.1) is 11.6 Å². The van der Waals surface area contributed by atoms with Crippen molar-refractivity contribution in [3.63, 3.8) is 0 Å². The van der Waals surface area contributed by atoms with Gasteiger partial charge in [-0.15, -0.1) is 0 Å². The second-order valence-electron chi connectivity index (χ2n) is 9.05. The lowest BCUT2D eigenvalue weighted by Gasteiger charge is -2.53. The highest BCUT2D eigenvalue weighted by Gasteiger charge is 2.48. The third-order valence-electron chi connectivity index (χ3n) is 7.15. The number of hydrogen-bond donors (Lipinski definition) is 1. The molecule has 1 aliphatic rings. The first kappa shape index (κ1) is 23.0. The summed E-state index contributed by atoms with van der Waals surface area (Å²) in [6, 6.07) is 12.6. The molecule has 2 aromatic carbocycles. The summed E-state index contributed by atoms with van der Waals surface area (Å²) in [5.41, 5.74) is 2.83. The molecule has 1 unspecified atom stereocenters. The second kappa shape index (κ2) is 8.83. The van der Waals surface area contributed by atoms with Crippen LogP contribution in [0, 0.1) is 0 Å². The normalized spacial score (nSPS) is 24.1. The molecule has 0 saturated carbocycles. The van der Waals surface area contributed by atoms with Crippen molar-refractivity contribution in [1.29, 1.82) is 0 Å². The van der Waals surface area contributed by atoms with Crippen LogP contribution in [0.3, 0.4) is 0 Å². The molecule has 0 aliphatic carbocycles.